The highest BCUT2D eigenvalue weighted by Gasteiger charge is 2.33. The van der Waals surface area contributed by atoms with Crippen LogP contribution >= 0.6 is 0 Å². The Morgan fingerprint density at radius 1 is 1.10 bits per heavy atom. The fraction of sp³-hybridized carbons (Fsp3) is 0.650. The Labute approximate surface area is 170 Å². The zero-order valence-electron chi connectivity index (χ0n) is 16.4. The van der Waals surface area contributed by atoms with Crippen molar-refractivity contribution in [2.24, 2.45) is 5.92 Å². The van der Waals surface area contributed by atoms with E-state index in [1.54, 1.807) is 9.80 Å². The predicted octanol–water partition coefficient (Wildman–Crippen LogP) is 4.03. The van der Waals surface area contributed by atoms with E-state index in [0.29, 0.717) is 26.2 Å². The molecule has 0 N–H and O–H groups in total. The van der Waals surface area contributed by atoms with E-state index in [1.807, 2.05) is 0 Å². The molecule has 1 saturated carbocycles. The minimum atomic E-state index is -4.56. The number of carbonyl (C=O) groups excluding carboxylic acids is 1. The van der Waals surface area contributed by atoms with Crippen LogP contribution in [0.15, 0.2) is 17.0 Å². The van der Waals surface area contributed by atoms with Crippen LogP contribution in [-0.4, -0.2) is 53.1 Å². The molecule has 1 amide bonds. The summed E-state index contributed by atoms with van der Waals surface area (Å²) in [7, 11) is -2.29. The summed E-state index contributed by atoms with van der Waals surface area (Å²) >= 11 is 0. The van der Waals surface area contributed by atoms with Gasteiger partial charge in [-0.25, -0.2) is 4.39 Å². The molecule has 0 radical (unpaired) electrons. The van der Waals surface area contributed by atoms with Gasteiger partial charge >= 0.3 is 6.18 Å². The maximum atomic E-state index is 14.5. The van der Waals surface area contributed by atoms with Crippen LogP contribution in [0.25, 0.3) is 0 Å². The van der Waals surface area contributed by atoms with Gasteiger partial charge in [-0.15, -0.1) is 0 Å². The minimum Gasteiger partial charge on any atom is -0.366 e. The van der Waals surface area contributed by atoms with Crippen LogP contribution in [0.2, 0.25) is 0 Å². The number of piperazine rings is 1. The summed E-state index contributed by atoms with van der Waals surface area (Å²) in [6.07, 6.45) is 0.588. The van der Waals surface area contributed by atoms with Gasteiger partial charge in [0.2, 0.25) is 5.91 Å². The number of halogens is 4. The Bertz CT molecular complexity index is 770. The van der Waals surface area contributed by atoms with Crippen LogP contribution in [0.3, 0.4) is 0 Å². The van der Waals surface area contributed by atoms with Crippen LogP contribution in [0.1, 0.15) is 37.7 Å². The average Bonchev–Trinajstić information content (AvgIpc) is 2.67. The lowest BCUT2D eigenvalue weighted by atomic mass is 9.88. The molecule has 3 rings (SSSR count). The minimum absolute atomic E-state index is 0.000522. The van der Waals surface area contributed by atoms with Crippen LogP contribution in [0.5, 0.6) is 0 Å². The van der Waals surface area contributed by atoms with E-state index in [2.05, 4.69) is 0 Å². The SMILES string of the molecule is Cc1cc(F)c(N2CCN(C(=O)C3CCCCC3)CC2)cc1S(=O)CC(F)(F)F. The monoisotopic (exact) mass is 434 g/mol. The molecule has 1 aliphatic carbocycles. The maximum Gasteiger partial charge on any atom is 0.400 e. The summed E-state index contributed by atoms with van der Waals surface area (Å²) in [4.78, 5) is 16.2. The van der Waals surface area contributed by atoms with Crippen LogP contribution < -0.4 is 4.90 Å². The van der Waals surface area contributed by atoms with Gasteiger partial charge in [0.1, 0.15) is 11.6 Å². The van der Waals surface area contributed by atoms with Crippen LogP contribution in [0.4, 0.5) is 23.2 Å². The summed E-state index contributed by atoms with van der Waals surface area (Å²) < 4.78 is 64.5. The Hall–Kier alpha value is -1.64. The highest BCUT2D eigenvalue weighted by atomic mass is 32.2. The van der Waals surface area contributed by atoms with Gasteiger partial charge in [-0.2, -0.15) is 13.2 Å². The van der Waals surface area contributed by atoms with E-state index >= 15 is 0 Å². The number of alkyl halides is 3. The van der Waals surface area contributed by atoms with E-state index in [-0.39, 0.29) is 28.0 Å². The van der Waals surface area contributed by atoms with Crippen LogP contribution in [-0.2, 0) is 15.6 Å². The summed E-state index contributed by atoms with van der Waals surface area (Å²) in [5.41, 5.74) is 0.380. The standard InChI is InChI=1S/C20H26F4N2O2S/c1-14-11-16(21)17(12-18(14)29(28)13-20(22,23)24)25-7-9-26(10-8-25)19(27)15-5-3-2-4-6-15/h11-12,15H,2-10,13H2,1H3. The molecule has 0 bridgehead atoms. The van der Waals surface area contributed by atoms with Crippen LogP contribution in [0, 0.1) is 18.7 Å². The Morgan fingerprint density at radius 2 is 1.72 bits per heavy atom. The molecule has 162 valence electrons. The third-order valence-electron chi connectivity index (χ3n) is 5.67. The van der Waals surface area contributed by atoms with E-state index in [1.165, 1.54) is 19.4 Å². The summed E-state index contributed by atoms with van der Waals surface area (Å²) in [6, 6.07) is 2.41. The van der Waals surface area contributed by atoms with Crippen molar-refractivity contribution in [3.63, 3.8) is 0 Å². The zero-order chi connectivity index (χ0) is 21.2. The van der Waals surface area contributed by atoms with Crippen molar-refractivity contribution in [1.82, 2.24) is 4.90 Å². The van der Waals surface area contributed by atoms with Crippen molar-refractivity contribution in [3.05, 3.63) is 23.5 Å². The zero-order valence-corrected chi connectivity index (χ0v) is 17.3. The van der Waals surface area contributed by atoms with Gasteiger partial charge in [-0.3, -0.25) is 9.00 Å². The Kier molecular flexibility index (Phi) is 6.86. The first-order valence-electron chi connectivity index (χ1n) is 9.95. The number of hydrogen-bond acceptors (Lipinski definition) is 3. The summed E-state index contributed by atoms with van der Waals surface area (Å²) in [6.45, 7) is 3.14. The third kappa shape index (κ3) is 5.49. The van der Waals surface area contributed by atoms with Crippen molar-refractivity contribution in [3.8, 4) is 0 Å². The third-order valence-corrected chi connectivity index (χ3v) is 7.19. The summed E-state index contributed by atoms with van der Waals surface area (Å²) in [5, 5.41) is 0. The van der Waals surface area contributed by atoms with Gasteiger partial charge in [0, 0.05) is 37.0 Å². The number of aryl methyl sites for hydroxylation is 1. The highest BCUT2D eigenvalue weighted by molar-refractivity contribution is 7.85. The normalized spacial score (nSPS) is 20.0. The molecule has 1 saturated heterocycles. The van der Waals surface area contributed by atoms with Crippen molar-refractivity contribution < 1.29 is 26.6 Å². The number of anilines is 1. The number of amides is 1. The molecule has 1 heterocycles. The fourth-order valence-corrected chi connectivity index (χ4v) is 5.25. The molecule has 0 aromatic heterocycles. The number of nitrogens with zero attached hydrogens (tertiary/aromatic N) is 2. The average molecular weight is 434 g/mol. The first-order chi connectivity index (χ1) is 13.7. The van der Waals surface area contributed by atoms with Gasteiger partial charge in [0.05, 0.1) is 16.5 Å². The van der Waals surface area contributed by atoms with E-state index in [4.69, 9.17) is 0 Å². The van der Waals surface area contributed by atoms with Crippen molar-refractivity contribution in [1.29, 1.82) is 0 Å². The second-order valence-electron chi connectivity index (χ2n) is 7.82. The molecule has 0 spiro atoms. The largest absolute Gasteiger partial charge is 0.400 e. The van der Waals surface area contributed by atoms with E-state index in [9.17, 15) is 26.6 Å². The first kappa shape index (κ1) is 22.1. The first-order valence-corrected chi connectivity index (χ1v) is 11.3. The molecular weight excluding hydrogens is 408 g/mol. The Morgan fingerprint density at radius 3 is 2.31 bits per heavy atom. The van der Waals surface area contributed by atoms with E-state index in [0.717, 1.165) is 31.7 Å². The smallest absolute Gasteiger partial charge is 0.366 e. The second kappa shape index (κ2) is 9.02. The maximum absolute atomic E-state index is 14.5. The summed E-state index contributed by atoms with van der Waals surface area (Å²) in [5.74, 6) is -1.78. The highest BCUT2D eigenvalue weighted by Crippen LogP contribution is 2.30. The molecule has 2 fully saturated rings. The molecule has 2 aliphatic rings. The quantitative estimate of drug-likeness (QED) is 0.672. The topological polar surface area (TPSA) is 40.6 Å². The van der Waals surface area contributed by atoms with Crippen molar-refractivity contribution in [2.45, 2.75) is 50.1 Å². The van der Waals surface area contributed by atoms with Crippen molar-refractivity contribution in [2.75, 3.05) is 36.8 Å². The van der Waals surface area contributed by atoms with E-state index < -0.39 is 28.5 Å². The number of hydrogen-bond donors (Lipinski definition) is 0. The van der Waals surface area contributed by atoms with Gasteiger partial charge in [-0.1, -0.05) is 19.3 Å². The molecule has 1 aliphatic heterocycles. The number of benzene rings is 1. The molecule has 1 aromatic carbocycles. The van der Waals surface area contributed by atoms with Gasteiger partial charge in [-0.05, 0) is 37.5 Å². The lowest BCUT2D eigenvalue weighted by molar-refractivity contribution is -0.136. The molecular formula is C20H26F4N2O2S. The number of carbonyl (C=O) groups is 1. The lowest BCUT2D eigenvalue weighted by Gasteiger charge is -2.38. The molecule has 4 nitrogen and oxygen atoms in total. The predicted molar refractivity (Wildman–Crippen MR) is 104 cm³/mol. The molecule has 1 unspecified atom stereocenters. The van der Waals surface area contributed by atoms with Gasteiger partial charge in [0.15, 0.2) is 0 Å². The molecule has 1 atom stereocenters. The van der Waals surface area contributed by atoms with Gasteiger partial charge in [0.25, 0.3) is 0 Å². The fourth-order valence-electron chi connectivity index (χ4n) is 4.13. The molecule has 1 aromatic rings. The lowest BCUT2D eigenvalue weighted by Crippen LogP contribution is -2.50. The second-order valence-corrected chi connectivity index (χ2v) is 9.24. The molecule has 29 heavy (non-hydrogen) atoms. The molecule has 9 heteroatoms. The van der Waals surface area contributed by atoms with Crippen molar-refractivity contribution >= 4 is 22.4 Å². The van der Waals surface area contributed by atoms with Gasteiger partial charge < -0.3 is 9.80 Å². The Balaban J connectivity index is 1.69. The number of rotatable bonds is 4.